The summed E-state index contributed by atoms with van der Waals surface area (Å²) in [5.41, 5.74) is 0. The van der Waals surface area contributed by atoms with E-state index in [1.807, 2.05) is 19.0 Å². The highest BCUT2D eigenvalue weighted by molar-refractivity contribution is 7.91. The number of carboxylic acids is 1. The van der Waals surface area contributed by atoms with Crippen LogP contribution in [-0.4, -0.2) is 56.5 Å². The Labute approximate surface area is 104 Å². The number of sulfone groups is 1. The molecule has 0 aromatic rings. The van der Waals surface area contributed by atoms with Crippen molar-refractivity contribution in [2.75, 3.05) is 32.1 Å². The van der Waals surface area contributed by atoms with Crippen molar-refractivity contribution in [2.45, 2.75) is 32.1 Å². The molecule has 0 aliphatic rings. The van der Waals surface area contributed by atoms with Crippen LogP contribution in [0, 0.1) is 0 Å². The van der Waals surface area contributed by atoms with Gasteiger partial charge < -0.3 is 10.0 Å². The highest BCUT2D eigenvalue weighted by Gasteiger charge is 2.10. The van der Waals surface area contributed by atoms with Crippen LogP contribution in [0.4, 0.5) is 0 Å². The predicted octanol–water partition coefficient (Wildman–Crippen LogP) is 0.998. The fourth-order valence-electron chi connectivity index (χ4n) is 1.48. The third-order valence-electron chi connectivity index (χ3n) is 2.41. The normalized spacial score (nSPS) is 11.9. The van der Waals surface area contributed by atoms with Crippen molar-refractivity contribution in [3.8, 4) is 0 Å². The Morgan fingerprint density at radius 1 is 1.06 bits per heavy atom. The maximum atomic E-state index is 11.6. The molecule has 0 rings (SSSR count). The van der Waals surface area contributed by atoms with Crippen LogP contribution in [0.3, 0.4) is 0 Å². The Kier molecular flexibility index (Phi) is 8.16. The van der Waals surface area contributed by atoms with Crippen LogP contribution in [0.25, 0.3) is 0 Å². The van der Waals surface area contributed by atoms with E-state index in [0.717, 1.165) is 6.54 Å². The number of hydrogen-bond acceptors (Lipinski definition) is 4. The van der Waals surface area contributed by atoms with Crippen LogP contribution >= 0.6 is 0 Å². The van der Waals surface area contributed by atoms with E-state index in [4.69, 9.17) is 5.11 Å². The Morgan fingerprint density at radius 2 is 1.65 bits per heavy atom. The van der Waals surface area contributed by atoms with Gasteiger partial charge in [-0.05, 0) is 39.9 Å². The average molecular weight is 265 g/mol. The van der Waals surface area contributed by atoms with Crippen molar-refractivity contribution in [3.05, 3.63) is 0 Å². The number of unbranched alkanes of at least 4 members (excludes halogenated alkanes) is 2. The SMILES string of the molecule is CN(C)CCCS(=O)(=O)CCCCCC(=O)O. The molecule has 0 spiro atoms. The lowest BCUT2D eigenvalue weighted by atomic mass is 10.2. The molecule has 0 aromatic carbocycles. The van der Waals surface area contributed by atoms with Crippen LogP contribution in [0.1, 0.15) is 32.1 Å². The number of nitrogens with zero attached hydrogens (tertiary/aromatic N) is 1. The van der Waals surface area contributed by atoms with Crippen LogP contribution in [0.2, 0.25) is 0 Å². The third kappa shape index (κ3) is 11.6. The molecule has 0 saturated heterocycles. The number of aliphatic carboxylic acids is 1. The molecule has 0 saturated carbocycles. The number of carbonyl (C=O) groups is 1. The molecule has 0 unspecified atom stereocenters. The topological polar surface area (TPSA) is 74.7 Å². The van der Waals surface area contributed by atoms with E-state index in [2.05, 4.69) is 0 Å². The van der Waals surface area contributed by atoms with Gasteiger partial charge in [0.2, 0.25) is 0 Å². The minimum Gasteiger partial charge on any atom is -0.481 e. The molecule has 102 valence electrons. The van der Waals surface area contributed by atoms with Crippen LogP contribution < -0.4 is 0 Å². The highest BCUT2D eigenvalue weighted by atomic mass is 32.2. The Bertz CT molecular complexity index is 311. The van der Waals surface area contributed by atoms with Crippen molar-refractivity contribution in [1.82, 2.24) is 4.90 Å². The van der Waals surface area contributed by atoms with E-state index < -0.39 is 15.8 Å². The van der Waals surface area contributed by atoms with Gasteiger partial charge in [0, 0.05) is 6.42 Å². The molecule has 6 heteroatoms. The molecule has 0 bridgehead atoms. The molecule has 1 N–H and O–H groups in total. The van der Waals surface area contributed by atoms with Crippen LogP contribution in [0.5, 0.6) is 0 Å². The minimum absolute atomic E-state index is 0.126. The van der Waals surface area contributed by atoms with Crippen molar-refractivity contribution < 1.29 is 18.3 Å². The monoisotopic (exact) mass is 265 g/mol. The summed E-state index contributed by atoms with van der Waals surface area (Å²) in [6.45, 7) is 0.776. The zero-order chi connectivity index (χ0) is 13.3. The summed E-state index contributed by atoms with van der Waals surface area (Å²) >= 11 is 0. The van der Waals surface area contributed by atoms with E-state index in [0.29, 0.717) is 25.7 Å². The first-order valence-corrected chi connectivity index (χ1v) is 7.72. The maximum absolute atomic E-state index is 11.6. The van der Waals surface area contributed by atoms with Gasteiger partial charge in [0.25, 0.3) is 0 Å². The summed E-state index contributed by atoms with van der Waals surface area (Å²) in [5, 5.41) is 8.42. The molecule has 0 aliphatic heterocycles. The zero-order valence-corrected chi connectivity index (χ0v) is 11.5. The molecule has 5 nitrogen and oxygen atoms in total. The van der Waals surface area contributed by atoms with Crippen LogP contribution in [0.15, 0.2) is 0 Å². The van der Waals surface area contributed by atoms with E-state index in [1.54, 1.807) is 0 Å². The summed E-state index contributed by atoms with van der Waals surface area (Å²) in [5.74, 6) is -0.414. The lowest BCUT2D eigenvalue weighted by molar-refractivity contribution is -0.137. The zero-order valence-electron chi connectivity index (χ0n) is 10.7. The molecular weight excluding hydrogens is 242 g/mol. The lowest BCUT2D eigenvalue weighted by Crippen LogP contribution is -2.18. The van der Waals surface area contributed by atoms with E-state index >= 15 is 0 Å². The molecule has 17 heavy (non-hydrogen) atoms. The van der Waals surface area contributed by atoms with Crippen molar-refractivity contribution in [1.29, 1.82) is 0 Å². The number of hydrogen-bond donors (Lipinski definition) is 1. The standard InChI is InChI=1S/C11H23NO4S/c1-12(2)8-6-10-17(15,16)9-5-3-4-7-11(13)14/h3-10H2,1-2H3,(H,13,14). The quantitative estimate of drug-likeness (QED) is 0.596. The van der Waals surface area contributed by atoms with Gasteiger partial charge in [-0.2, -0.15) is 0 Å². The summed E-state index contributed by atoms with van der Waals surface area (Å²) < 4.78 is 23.1. The highest BCUT2D eigenvalue weighted by Crippen LogP contribution is 2.04. The smallest absolute Gasteiger partial charge is 0.303 e. The van der Waals surface area contributed by atoms with Crippen molar-refractivity contribution in [3.63, 3.8) is 0 Å². The van der Waals surface area contributed by atoms with Gasteiger partial charge in [-0.3, -0.25) is 4.79 Å². The van der Waals surface area contributed by atoms with Crippen LogP contribution in [-0.2, 0) is 14.6 Å². The first-order chi connectivity index (χ1) is 7.83. The molecule has 0 heterocycles. The Balaban J connectivity index is 3.61. The summed E-state index contributed by atoms with van der Waals surface area (Å²) in [6.07, 6.45) is 2.57. The Hall–Kier alpha value is -0.620. The fraction of sp³-hybridized carbons (Fsp3) is 0.909. The van der Waals surface area contributed by atoms with Crippen molar-refractivity contribution >= 4 is 15.8 Å². The summed E-state index contributed by atoms with van der Waals surface area (Å²) in [7, 11) is 0.878. The Morgan fingerprint density at radius 3 is 2.18 bits per heavy atom. The molecule has 0 atom stereocenters. The summed E-state index contributed by atoms with van der Waals surface area (Å²) in [6, 6.07) is 0. The first kappa shape index (κ1) is 16.4. The van der Waals surface area contributed by atoms with Gasteiger partial charge >= 0.3 is 5.97 Å². The largest absolute Gasteiger partial charge is 0.481 e. The van der Waals surface area contributed by atoms with E-state index in [-0.39, 0.29) is 17.9 Å². The lowest BCUT2D eigenvalue weighted by Gasteiger charge is -2.09. The fourth-order valence-corrected chi connectivity index (χ4v) is 2.89. The summed E-state index contributed by atoms with van der Waals surface area (Å²) in [4.78, 5) is 12.2. The molecule has 0 aromatic heterocycles. The molecule has 0 radical (unpaired) electrons. The minimum atomic E-state index is -2.95. The second-order valence-corrected chi connectivity index (χ2v) is 6.82. The maximum Gasteiger partial charge on any atom is 0.303 e. The second kappa shape index (κ2) is 8.47. The first-order valence-electron chi connectivity index (χ1n) is 5.90. The van der Waals surface area contributed by atoms with Crippen molar-refractivity contribution in [2.24, 2.45) is 0 Å². The van der Waals surface area contributed by atoms with Gasteiger partial charge in [0.1, 0.15) is 9.84 Å². The van der Waals surface area contributed by atoms with Gasteiger partial charge in [0.15, 0.2) is 0 Å². The predicted molar refractivity (Wildman–Crippen MR) is 67.9 cm³/mol. The van der Waals surface area contributed by atoms with Gasteiger partial charge in [-0.25, -0.2) is 8.42 Å². The number of carboxylic acid groups (broad SMARTS) is 1. The van der Waals surface area contributed by atoms with Gasteiger partial charge in [-0.15, -0.1) is 0 Å². The molecular formula is C11H23NO4S. The van der Waals surface area contributed by atoms with E-state index in [1.165, 1.54) is 0 Å². The van der Waals surface area contributed by atoms with Gasteiger partial charge in [-0.1, -0.05) is 6.42 Å². The number of rotatable bonds is 10. The molecule has 0 amide bonds. The average Bonchev–Trinajstić information content (AvgIpc) is 2.15. The van der Waals surface area contributed by atoms with E-state index in [9.17, 15) is 13.2 Å². The third-order valence-corrected chi connectivity index (χ3v) is 4.23. The molecule has 0 fully saturated rings. The van der Waals surface area contributed by atoms with Gasteiger partial charge in [0.05, 0.1) is 11.5 Å². The second-order valence-electron chi connectivity index (χ2n) is 4.51. The molecule has 0 aliphatic carbocycles.